The second-order valence-corrected chi connectivity index (χ2v) is 10.3. The molecule has 2 aliphatic heterocycles. The summed E-state index contributed by atoms with van der Waals surface area (Å²) in [6.07, 6.45) is 4.80. The minimum Gasteiger partial charge on any atom is -0.487 e. The molecular weight excluding hydrogens is 566 g/mol. The molecule has 0 radical (unpaired) electrons. The van der Waals surface area contributed by atoms with Crippen molar-refractivity contribution in [2.75, 3.05) is 62.2 Å². The van der Waals surface area contributed by atoms with Gasteiger partial charge in [0.25, 0.3) is 0 Å². The van der Waals surface area contributed by atoms with Gasteiger partial charge >= 0.3 is 0 Å². The molecule has 1 unspecified atom stereocenters. The van der Waals surface area contributed by atoms with E-state index in [9.17, 15) is 4.79 Å². The van der Waals surface area contributed by atoms with Crippen molar-refractivity contribution in [1.82, 2.24) is 19.7 Å². The second kappa shape index (κ2) is 14.3. The van der Waals surface area contributed by atoms with Crippen LogP contribution in [0.5, 0.6) is 11.5 Å². The molecule has 232 valence electrons. The quantitative estimate of drug-likeness (QED) is 0.258. The standard InChI is InChI=1S/C31H37N7O6/c1-2-27(39)34-23-7-3-4-8-24(23)35-29-22-20-32-38(28-9-5-6-12-44-28)30(22)37-31(36-29)33-21-10-11-25-26(19-21)43-18-16-41-14-13-40-15-17-42-25/h3-4,7-8,10-11,19-20,28H,2,5-6,9,12-18H2,1H3,(H,34,39)(H2,33,35,36,37). The average Bonchev–Trinajstić information content (AvgIpc) is 3.47. The van der Waals surface area contributed by atoms with Crippen molar-refractivity contribution < 1.29 is 28.5 Å². The number of ether oxygens (including phenoxy) is 5. The predicted octanol–water partition coefficient (Wildman–Crippen LogP) is 5.17. The third-order valence-electron chi connectivity index (χ3n) is 7.20. The van der Waals surface area contributed by atoms with Gasteiger partial charge in [0.1, 0.15) is 19.0 Å². The van der Waals surface area contributed by atoms with E-state index in [0.29, 0.717) is 98.6 Å². The van der Waals surface area contributed by atoms with Gasteiger partial charge in [-0.15, -0.1) is 0 Å². The molecule has 0 spiro atoms. The van der Waals surface area contributed by atoms with Gasteiger partial charge in [0.05, 0.1) is 49.4 Å². The fourth-order valence-electron chi connectivity index (χ4n) is 4.96. The zero-order chi connectivity index (χ0) is 30.1. The highest BCUT2D eigenvalue weighted by Gasteiger charge is 2.22. The van der Waals surface area contributed by atoms with E-state index in [0.717, 1.165) is 24.6 Å². The Bertz CT molecular complexity index is 1570. The minimum absolute atomic E-state index is 0.0848. The molecule has 1 fully saturated rings. The van der Waals surface area contributed by atoms with E-state index in [1.807, 2.05) is 54.1 Å². The molecule has 6 rings (SSSR count). The van der Waals surface area contributed by atoms with Gasteiger partial charge in [-0.3, -0.25) is 4.79 Å². The smallest absolute Gasteiger partial charge is 0.231 e. The van der Waals surface area contributed by atoms with Crippen LogP contribution in [0.3, 0.4) is 0 Å². The first-order valence-corrected chi connectivity index (χ1v) is 15.0. The second-order valence-electron chi connectivity index (χ2n) is 10.3. The topological polar surface area (TPSA) is 143 Å². The van der Waals surface area contributed by atoms with Crippen molar-refractivity contribution in [1.29, 1.82) is 0 Å². The molecule has 13 heteroatoms. The molecule has 0 saturated carbocycles. The lowest BCUT2D eigenvalue weighted by atomic mass is 10.2. The molecule has 0 aliphatic carbocycles. The normalized spacial score (nSPS) is 17.7. The summed E-state index contributed by atoms with van der Waals surface area (Å²) in [5, 5.41) is 15.1. The molecule has 1 atom stereocenters. The van der Waals surface area contributed by atoms with Crippen LogP contribution in [0, 0.1) is 0 Å². The van der Waals surface area contributed by atoms with Crippen LogP contribution < -0.4 is 25.4 Å². The van der Waals surface area contributed by atoms with E-state index >= 15 is 0 Å². The maximum Gasteiger partial charge on any atom is 0.231 e. The molecular formula is C31H37N7O6. The SMILES string of the molecule is CCC(=O)Nc1ccccc1Nc1nc(Nc2ccc3c(c2)OCCOCCOCCO3)nc2c1cnn2C1CCCCO1. The van der Waals surface area contributed by atoms with Crippen molar-refractivity contribution in [2.45, 2.75) is 38.8 Å². The van der Waals surface area contributed by atoms with Gasteiger partial charge in [-0.1, -0.05) is 19.1 Å². The molecule has 44 heavy (non-hydrogen) atoms. The minimum atomic E-state index is -0.220. The fourth-order valence-corrected chi connectivity index (χ4v) is 4.96. The van der Waals surface area contributed by atoms with Crippen molar-refractivity contribution in [2.24, 2.45) is 0 Å². The van der Waals surface area contributed by atoms with Crippen LogP contribution in [0.2, 0.25) is 0 Å². The van der Waals surface area contributed by atoms with Gasteiger partial charge in [0.2, 0.25) is 11.9 Å². The Balaban J connectivity index is 1.34. The van der Waals surface area contributed by atoms with E-state index in [1.54, 1.807) is 6.20 Å². The molecule has 4 aromatic rings. The summed E-state index contributed by atoms with van der Waals surface area (Å²) in [7, 11) is 0. The number of hydrogen-bond acceptors (Lipinski definition) is 11. The number of nitrogens with one attached hydrogen (secondary N) is 3. The van der Waals surface area contributed by atoms with E-state index in [-0.39, 0.29) is 12.1 Å². The van der Waals surface area contributed by atoms with Crippen LogP contribution in [0.1, 0.15) is 38.8 Å². The molecule has 1 saturated heterocycles. The number of carbonyl (C=O) groups excluding carboxylic acids is 1. The largest absolute Gasteiger partial charge is 0.487 e. The van der Waals surface area contributed by atoms with Gasteiger partial charge in [-0.2, -0.15) is 15.1 Å². The fraction of sp³-hybridized carbons (Fsp3) is 0.419. The van der Waals surface area contributed by atoms with E-state index in [1.165, 1.54) is 0 Å². The number of rotatable bonds is 7. The molecule has 3 N–H and O–H groups in total. The Kier molecular flexibility index (Phi) is 9.65. The molecule has 13 nitrogen and oxygen atoms in total. The molecule has 1 amide bonds. The molecule has 2 aromatic carbocycles. The summed E-state index contributed by atoms with van der Waals surface area (Å²) in [6.45, 7) is 5.16. The number of nitrogens with zero attached hydrogens (tertiary/aromatic N) is 4. The first-order valence-electron chi connectivity index (χ1n) is 15.0. The van der Waals surface area contributed by atoms with E-state index in [2.05, 4.69) is 21.0 Å². The number of hydrogen-bond donors (Lipinski definition) is 3. The van der Waals surface area contributed by atoms with Gasteiger partial charge in [-0.05, 0) is 43.5 Å². The number of fused-ring (bicyclic) bond motifs is 2. The summed E-state index contributed by atoms with van der Waals surface area (Å²) in [5.41, 5.74) is 2.67. The number of benzene rings is 2. The van der Waals surface area contributed by atoms with Gasteiger partial charge in [0.15, 0.2) is 23.4 Å². The zero-order valence-corrected chi connectivity index (χ0v) is 24.7. The first-order chi connectivity index (χ1) is 21.7. The van der Waals surface area contributed by atoms with Crippen molar-refractivity contribution >= 4 is 45.8 Å². The van der Waals surface area contributed by atoms with Gasteiger partial charge in [0, 0.05) is 24.8 Å². The Labute approximate surface area is 255 Å². The summed E-state index contributed by atoms with van der Waals surface area (Å²) in [4.78, 5) is 21.9. The summed E-state index contributed by atoms with van der Waals surface area (Å²) in [6, 6.07) is 13.1. The highest BCUT2D eigenvalue weighted by atomic mass is 16.6. The summed E-state index contributed by atoms with van der Waals surface area (Å²) in [5.74, 6) is 1.97. The van der Waals surface area contributed by atoms with Crippen molar-refractivity contribution in [3.63, 3.8) is 0 Å². The maximum atomic E-state index is 12.2. The predicted molar refractivity (Wildman–Crippen MR) is 165 cm³/mol. The highest BCUT2D eigenvalue weighted by molar-refractivity contribution is 5.96. The van der Waals surface area contributed by atoms with Crippen LogP contribution in [0.4, 0.5) is 28.8 Å². The van der Waals surface area contributed by atoms with Gasteiger partial charge in [-0.25, -0.2) is 4.68 Å². The van der Waals surface area contributed by atoms with Crippen molar-refractivity contribution in [3.8, 4) is 11.5 Å². The molecule has 4 heterocycles. The molecule has 2 aliphatic rings. The van der Waals surface area contributed by atoms with Crippen LogP contribution in [-0.4, -0.2) is 71.9 Å². The third-order valence-corrected chi connectivity index (χ3v) is 7.20. The Morgan fingerprint density at radius 1 is 0.886 bits per heavy atom. The number of amides is 1. The lowest BCUT2D eigenvalue weighted by Crippen LogP contribution is -2.19. The number of aromatic nitrogens is 4. The first kappa shape index (κ1) is 29.6. The van der Waals surface area contributed by atoms with Crippen LogP contribution in [0.25, 0.3) is 11.0 Å². The maximum absolute atomic E-state index is 12.2. The lowest BCUT2D eigenvalue weighted by Gasteiger charge is -2.23. The third kappa shape index (κ3) is 7.18. The number of anilines is 5. The Hall–Kier alpha value is -4.46. The van der Waals surface area contributed by atoms with E-state index < -0.39 is 0 Å². The molecule has 0 bridgehead atoms. The summed E-state index contributed by atoms with van der Waals surface area (Å²) >= 11 is 0. The van der Waals surface area contributed by atoms with E-state index in [4.69, 9.17) is 33.7 Å². The monoisotopic (exact) mass is 603 g/mol. The Morgan fingerprint density at radius 2 is 1.66 bits per heavy atom. The zero-order valence-electron chi connectivity index (χ0n) is 24.7. The summed E-state index contributed by atoms with van der Waals surface area (Å²) < 4.78 is 30.9. The lowest BCUT2D eigenvalue weighted by molar-refractivity contribution is -0.115. The highest BCUT2D eigenvalue weighted by Crippen LogP contribution is 2.35. The number of para-hydroxylation sites is 2. The van der Waals surface area contributed by atoms with Gasteiger partial charge < -0.3 is 39.6 Å². The van der Waals surface area contributed by atoms with Crippen molar-refractivity contribution in [3.05, 3.63) is 48.7 Å². The van der Waals surface area contributed by atoms with Crippen LogP contribution >= 0.6 is 0 Å². The molecule has 2 aromatic heterocycles. The van der Waals surface area contributed by atoms with Crippen LogP contribution in [0.15, 0.2) is 48.7 Å². The average molecular weight is 604 g/mol. The number of carbonyl (C=O) groups is 1. The van der Waals surface area contributed by atoms with Crippen LogP contribution in [-0.2, 0) is 19.0 Å². The Morgan fingerprint density at radius 3 is 2.43 bits per heavy atom.